The molecular formula is C16H24F2N2. The first kappa shape index (κ1) is 16.8. The molecule has 1 unspecified atom stereocenters. The topological polar surface area (TPSA) is 24.4 Å². The first-order valence-electron chi connectivity index (χ1n) is 7.24. The molecule has 2 nitrogen and oxygen atoms in total. The van der Waals surface area contributed by atoms with Crippen LogP contribution in [0.5, 0.6) is 0 Å². The van der Waals surface area contributed by atoms with Gasteiger partial charge in [-0.1, -0.05) is 6.07 Å². The van der Waals surface area contributed by atoms with Crippen LogP contribution in [0.4, 0.5) is 8.78 Å². The van der Waals surface area contributed by atoms with Gasteiger partial charge in [0.15, 0.2) is 0 Å². The van der Waals surface area contributed by atoms with Gasteiger partial charge in [-0.15, -0.1) is 0 Å². The van der Waals surface area contributed by atoms with E-state index in [9.17, 15) is 8.78 Å². The molecule has 0 saturated heterocycles. The number of nitrogens with one attached hydrogen (secondary N) is 1. The molecule has 0 heterocycles. The van der Waals surface area contributed by atoms with Gasteiger partial charge >= 0.3 is 0 Å². The molecule has 0 spiro atoms. The summed E-state index contributed by atoms with van der Waals surface area (Å²) in [7, 11) is 1.91. The number of hydrogen-bond donors (Lipinski definition) is 1. The first-order valence-corrected chi connectivity index (χ1v) is 7.24. The van der Waals surface area contributed by atoms with Crippen LogP contribution in [0, 0.1) is 17.6 Å². The lowest BCUT2D eigenvalue weighted by Crippen LogP contribution is -2.15. The molecule has 0 fully saturated rings. The zero-order valence-corrected chi connectivity index (χ0v) is 12.3. The lowest BCUT2D eigenvalue weighted by molar-refractivity contribution is 0.439. The molecule has 0 bridgehead atoms. The summed E-state index contributed by atoms with van der Waals surface area (Å²) in [4.78, 5) is 4.20. The molecular weight excluding hydrogens is 258 g/mol. The number of halogens is 2. The van der Waals surface area contributed by atoms with E-state index in [2.05, 4.69) is 10.3 Å². The summed E-state index contributed by atoms with van der Waals surface area (Å²) in [6.07, 6.45) is 5.45. The largest absolute Gasteiger partial charge is 0.320 e. The predicted molar refractivity (Wildman–Crippen MR) is 80.4 cm³/mol. The maximum atomic E-state index is 13.7. The number of benzene rings is 1. The second-order valence-electron chi connectivity index (χ2n) is 4.96. The summed E-state index contributed by atoms with van der Waals surface area (Å²) in [6, 6.07) is 3.84. The van der Waals surface area contributed by atoms with Gasteiger partial charge in [0, 0.05) is 12.6 Å². The fraction of sp³-hybridized carbons (Fsp3) is 0.562. The van der Waals surface area contributed by atoms with E-state index in [1.54, 1.807) is 6.07 Å². The van der Waals surface area contributed by atoms with Crippen molar-refractivity contribution >= 4 is 6.21 Å². The minimum atomic E-state index is -0.520. The van der Waals surface area contributed by atoms with E-state index in [-0.39, 0.29) is 0 Å². The van der Waals surface area contributed by atoms with Crippen molar-refractivity contribution in [1.29, 1.82) is 0 Å². The van der Waals surface area contributed by atoms with Crippen LogP contribution in [0.2, 0.25) is 0 Å². The van der Waals surface area contributed by atoms with Gasteiger partial charge in [0.25, 0.3) is 0 Å². The smallest absolute Gasteiger partial charge is 0.129 e. The summed E-state index contributed by atoms with van der Waals surface area (Å²) in [5.74, 6) is -0.583. The average molecular weight is 282 g/mol. The van der Waals surface area contributed by atoms with E-state index in [1.165, 1.54) is 6.07 Å². The Morgan fingerprint density at radius 2 is 2.10 bits per heavy atom. The summed E-state index contributed by atoms with van der Waals surface area (Å²) >= 11 is 0. The molecule has 0 aromatic heterocycles. The van der Waals surface area contributed by atoms with Crippen molar-refractivity contribution in [2.45, 2.75) is 32.6 Å². The summed E-state index contributed by atoms with van der Waals surface area (Å²) in [5.41, 5.74) is 0.597. The van der Waals surface area contributed by atoms with Gasteiger partial charge in [-0.3, -0.25) is 4.99 Å². The van der Waals surface area contributed by atoms with Gasteiger partial charge in [0.2, 0.25) is 0 Å². The quantitative estimate of drug-likeness (QED) is 0.688. The lowest BCUT2D eigenvalue weighted by Gasteiger charge is -2.16. The minimum Gasteiger partial charge on any atom is -0.320 e. The Balaban J connectivity index is 2.60. The third kappa shape index (κ3) is 6.24. The average Bonchev–Trinajstić information content (AvgIpc) is 2.43. The van der Waals surface area contributed by atoms with Crippen molar-refractivity contribution in [2.75, 3.05) is 20.1 Å². The van der Waals surface area contributed by atoms with Crippen LogP contribution in [-0.4, -0.2) is 26.4 Å². The molecule has 4 heteroatoms. The van der Waals surface area contributed by atoms with Crippen LogP contribution >= 0.6 is 0 Å². The van der Waals surface area contributed by atoms with Gasteiger partial charge in [-0.25, -0.2) is 8.78 Å². The molecule has 0 aliphatic rings. The van der Waals surface area contributed by atoms with Crippen LogP contribution in [0.25, 0.3) is 0 Å². The van der Waals surface area contributed by atoms with Gasteiger partial charge in [-0.2, -0.15) is 0 Å². The standard InChI is InChI=1S/C16H24F2N2/c1-3-20-9-4-5-13(8-10-19-2)11-14-6-7-15(17)12-16(14)18/h6-7,9,12-13,19H,3-5,8,10-11H2,1-2H3/b20-9-. The molecule has 0 saturated carbocycles. The van der Waals surface area contributed by atoms with Crippen LogP contribution in [0.3, 0.4) is 0 Å². The molecule has 1 aromatic carbocycles. The zero-order valence-electron chi connectivity index (χ0n) is 12.3. The normalized spacial score (nSPS) is 13.0. The highest BCUT2D eigenvalue weighted by atomic mass is 19.1. The fourth-order valence-electron chi connectivity index (χ4n) is 2.23. The molecule has 112 valence electrons. The van der Waals surface area contributed by atoms with Gasteiger partial charge in [0.05, 0.1) is 0 Å². The first-order chi connectivity index (χ1) is 9.67. The highest BCUT2D eigenvalue weighted by Crippen LogP contribution is 2.20. The number of nitrogens with zero attached hydrogens (tertiary/aromatic N) is 1. The lowest BCUT2D eigenvalue weighted by atomic mass is 9.91. The maximum Gasteiger partial charge on any atom is 0.129 e. The Morgan fingerprint density at radius 3 is 2.75 bits per heavy atom. The third-order valence-electron chi connectivity index (χ3n) is 3.34. The molecule has 0 aliphatic carbocycles. The molecule has 0 aliphatic heterocycles. The van der Waals surface area contributed by atoms with Crippen molar-refractivity contribution in [3.63, 3.8) is 0 Å². The fourth-order valence-corrected chi connectivity index (χ4v) is 2.23. The highest BCUT2D eigenvalue weighted by Gasteiger charge is 2.12. The van der Waals surface area contributed by atoms with Gasteiger partial charge in [0.1, 0.15) is 11.6 Å². The molecule has 0 radical (unpaired) electrons. The van der Waals surface area contributed by atoms with Crippen LogP contribution in [0.1, 0.15) is 31.7 Å². The Labute approximate surface area is 120 Å². The second-order valence-corrected chi connectivity index (χ2v) is 4.96. The molecule has 1 aromatic rings. The zero-order chi connectivity index (χ0) is 14.8. The van der Waals surface area contributed by atoms with E-state index in [0.717, 1.165) is 38.4 Å². The monoisotopic (exact) mass is 282 g/mol. The third-order valence-corrected chi connectivity index (χ3v) is 3.34. The molecule has 1 rings (SSSR count). The van der Waals surface area contributed by atoms with Crippen molar-refractivity contribution in [2.24, 2.45) is 10.9 Å². The van der Waals surface area contributed by atoms with E-state index in [1.807, 2.05) is 20.2 Å². The van der Waals surface area contributed by atoms with Crippen LogP contribution < -0.4 is 5.32 Å². The Morgan fingerprint density at radius 1 is 1.30 bits per heavy atom. The SMILES string of the molecule is CC/N=C\CCC(CCNC)Cc1ccc(F)cc1F. The van der Waals surface area contributed by atoms with Crippen molar-refractivity contribution < 1.29 is 8.78 Å². The predicted octanol–water partition coefficient (Wildman–Crippen LogP) is 3.60. The van der Waals surface area contributed by atoms with Crippen LogP contribution in [0.15, 0.2) is 23.2 Å². The molecule has 0 amide bonds. The Hall–Kier alpha value is -1.29. The van der Waals surface area contributed by atoms with Crippen molar-refractivity contribution in [3.8, 4) is 0 Å². The highest BCUT2D eigenvalue weighted by molar-refractivity contribution is 5.56. The van der Waals surface area contributed by atoms with Gasteiger partial charge < -0.3 is 5.32 Å². The van der Waals surface area contributed by atoms with Crippen LogP contribution in [-0.2, 0) is 6.42 Å². The Kier molecular flexibility index (Phi) is 8.04. The number of hydrogen-bond acceptors (Lipinski definition) is 2. The molecule has 20 heavy (non-hydrogen) atoms. The Bertz CT molecular complexity index is 419. The molecule has 1 N–H and O–H groups in total. The van der Waals surface area contributed by atoms with E-state index in [4.69, 9.17) is 0 Å². The van der Waals surface area contributed by atoms with Crippen molar-refractivity contribution in [3.05, 3.63) is 35.4 Å². The molecule has 1 atom stereocenters. The minimum absolute atomic E-state index is 0.380. The van der Waals surface area contributed by atoms with Gasteiger partial charge in [-0.05, 0) is 70.0 Å². The summed E-state index contributed by atoms with van der Waals surface area (Å²) in [6.45, 7) is 3.70. The number of rotatable bonds is 9. The van der Waals surface area contributed by atoms with E-state index < -0.39 is 11.6 Å². The summed E-state index contributed by atoms with van der Waals surface area (Å²) < 4.78 is 26.6. The van der Waals surface area contributed by atoms with E-state index in [0.29, 0.717) is 17.9 Å². The van der Waals surface area contributed by atoms with E-state index >= 15 is 0 Å². The van der Waals surface area contributed by atoms with Crippen molar-refractivity contribution in [1.82, 2.24) is 5.32 Å². The number of aliphatic imine (C=N–C) groups is 1. The summed E-state index contributed by atoms with van der Waals surface area (Å²) in [5, 5.41) is 3.12. The maximum absolute atomic E-state index is 13.7. The second kappa shape index (κ2) is 9.59.